The molecule has 0 aliphatic carbocycles. The Hall–Kier alpha value is -3.56. The number of carbonyl (C=O) groups excluding carboxylic acids is 1. The Morgan fingerprint density at radius 1 is 0.970 bits per heavy atom. The summed E-state index contributed by atoms with van der Waals surface area (Å²) in [6.45, 7) is 0.0650. The standard InChI is InChI=1S/C24H20FNO6S/c25-19-7-5-16(6-8-19)15-32-20-9-11-21(12-10-20)33(30,31)26-14-18-4-2-1-3-17(18)13-22(26)23(27)24(28)29/h1-12,22H,13-15H2,(H,28,29)/t22-/m1/s1. The van der Waals surface area contributed by atoms with E-state index in [0.717, 1.165) is 21.0 Å². The summed E-state index contributed by atoms with van der Waals surface area (Å²) >= 11 is 0. The Balaban J connectivity index is 1.57. The van der Waals surface area contributed by atoms with E-state index in [9.17, 15) is 27.5 Å². The summed E-state index contributed by atoms with van der Waals surface area (Å²) in [4.78, 5) is 23.6. The molecule has 0 saturated heterocycles. The van der Waals surface area contributed by atoms with E-state index in [2.05, 4.69) is 0 Å². The molecule has 0 fully saturated rings. The van der Waals surface area contributed by atoms with Crippen LogP contribution in [0.5, 0.6) is 5.75 Å². The molecule has 1 atom stereocenters. The third kappa shape index (κ3) is 4.79. The quantitative estimate of drug-likeness (QED) is 0.534. The summed E-state index contributed by atoms with van der Waals surface area (Å²) in [5, 5.41) is 9.23. The number of nitrogens with zero attached hydrogens (tertiary/aromatic N) is 1. The Bertz CT molecular complexity index is 1290. The lowest BCUT2D eigenvalue weighted by atomic mass is 9.94. The van der Waals surface area contributed by atoms with Crippen molar-refractivity contribution in [3.8, 4) is 5.75 Å². The zero-order chi connectivity index (χ0) is 23.6. The van der Waals surface area contributed by atoms with Crippen LogP contribution in [0.3, 0.4) is 0 Å². The van der Waals surface area contributed by atoms with Gasteiger partial charge in [-0.3, -0.25) is 4.79 Å². The predicted octanol–water partition coefficient (Wildman–Crippen LogP) is 3.17. The van der Waals surface area contributed by atoms with Gasteiger partial charge in [-0.25, -0.2) is 17.6 Å². The van der Waals surface area contributed by atoms with E-state index < -0.39 is 27.8 Å². The van der Waals surface area contributed by atoms with Crippen molar-refractivity contribution < 1.29 is 32.2 Å². The van der Waals surface area contributed by atoms with Gasteiger partial charge >= 0.3 is 5.97 Å². The van der Waals surface area contributed by atoms with Crippen LogP contribution < -0.4 is 4.74 Å². The first-order valence-electron chi connectivity index (χ1n) is 10.1. The number of rotatable bonds is 7. The zero-order valence-corrected chi connectivity index (χ0v) is 18.2. The van der Waals surface area contributed by atoms with Crippen molar-refractivity contribution in [2.75, 3.05) is 0 Å². The molecule has 0 unspecified atom stereocenters. The highest BCUT2D eigenvalue weighted by Gasteiger charge is 2.41. The SMILES string of the molecule is O=C(O)C(=O)[C@H]1Cc2ccccc2CN1S(=O)(=O)c1ccc(OCc2ccc(F)cc2)cc1. The third-order valence-electron chi connectivity index (χ3n) is 5.47. The molecule has 0 amide bonds. The zero-order valence-electron chi connectivity index (χ0n) is 17.3. The molecule has 170 valence electrons. The summed E-state index contributed by atoms with van der Waals surface area (Å²) in [5.74, 6) is -2.80. The highest BCUT2D eigenvalue weighted by Crippen LogP contribution is 2.30. The van der Waals surface area contributed by atoms with Crippen molar-refractivity contribution in [2.24, 2.45) is 0 Å². The number of carboxylic acid groups (broad SMARTS) is 1. The minimum absolute atomic E-state index is 0.0145. The van der Waals surface area contributed by atoms with Gasteiger partial charge in [0.05, 0.1) is 10.9 Å². The molecule has 1 aliphatic heterocycles. The molecule has 0 spiro atoms. The number of ether oxygens (including phenoxy) is 1. The van der Waals surface area contributed by atoms with Crippen LogP contribution in [0.1, 0.15) is 16.7 Å². The lowest BCUT2D eigenvalue weighted by Crippen LogP contribution is -2.50. The van der Waals surface area contributed by atoms with E-state index in [1.54, 1.807) is 36.4 Å². The molecule has 0 saturated carbocycles. The van der Waals surface area contributed by atoms with Crippen LogP contribution in [-0.4, -0.2) is 35.6 Å². The van der Waals surface area contributed by atoms with Crippen LogP contribution in [-0.2, 0) is 39.2 Å². The van der Waals surface area contributed by atoms with E-state index >= 15 is 0 Å². The molecular weight excluding hydrogens is 449 g/mol. The Kier molecular flexibility index (Phi) is 6.26. The fraction of sp³-hybridized carbons (Fsp3) is 0.167. The van der Waals surface area contributed by atoms with Crippen LogP contribution in [0.4, 0.5) is 4.39 Å². The number of carbonyl (C=O) groups is 2. The van der Waals surface area contributed by atoms with Gasteiger partial charge in [0.15, 0.2) is 0 Å². The van der Waals surface area contributed by atoms with Crippen LogP contribution in [0, 0.1) is 5.82 Å². The Morgan fingerprint density at radius 2 is 1.61 bits per heavy atom. The molecule has 33 heavy (non-hydrogen) atoms. The molecule has 9 heteroatoms. The molecule has 3 aromatic carbocycles. The monoisotopic (exact) mass is 469 g/mol. The van der Waals surface area contributed by atoms with Crippen LogP contribution in [0.15, 0.2) is 77.7 Å². The topological polar surface area (TPSA) is 101 Å². The van der Waals surface area contributed by atoms with E-state index in [0.29, 0.717) is 5.75 Å². The fourth-order valence-electron chi connectivity index (χ4n) is 3.71. The van der Waals surface area contributed by atoms with Gasteiger partial charge in [0.25, 0.3) is 5.78 Å². The van der Waals surface area contributed by atoms with Crippen molar-refractivity contribution in [1.82, 2.24) is 4.31 Å². The lowest BCUT2D eigenvalue weighted by molar-refractivity contribution is -0.151. The summed E-state index contributed by atoms with van der Waals surface area (Å²) < 4.78 is 46.3. The van der Waals surface area contributed by atoms with Crippen molar-refractivity contribution >= 4 is 21.8 Å². The number of halogens is 1. The van der Waals surface area contributed by atoms with E-state index in [1.807, 2.05) is 0 Å². The molecule has 4 rings (SSSR count). The smallest absolute Gasteiger partial charge is 0.373 e. The Morgan fingerprint density at radius 3 is 2.24 bits per heavy atom. The average Bonchev–Trinajstić information content (AvgIpc) is 2.82. The number of hydrogen-bond acceptors (Lipinski definition) is 5. The van der Waals surface area contributed by atoms with Crippen molar-refractivity contribution in [3.63, 3.8) is 0 Å². The maximum Gasteiger partial charge on any atom is 0.373 e. The first-order valence-corrected chi connectivity index (χ1v) is 11.5. The van der Waals surface area contributed by atoms with Gasteiger partial charge in [-0.2, -0.15) is 4.31 Å². The van der Waals surface area contributed by atoms with Crippen LogP contribution in [0.2, 0.25) is 0 Å². The maximum absolute atomic E-state index is 13.4. The van der Waals surface area contributed by atoms with Gasteiger partial charge in [0.2, 0.25) is 10.0 Å². The summed E-state index contributed by atoms with van der Waals surface area (Å²) in [7, 11) is -4.17. The van der Waals surface area contributed by atoms with Gasteiger partial charge in [-0.1, -0.05) is 36.4 Å². The van der Waals surface area contributed by atoms with Gasteiger partial charge in [-0.15, -0.1) is 0 Å². The predicted molar refractivity (Wildman–Crippen MR) is 116 cm³/mol. The number of fused-ring (bicyclic) bond motifs is 1. The molecule has 7 nitrogen and oxygen atoms in total. The summed E-state index contributed by atoms with van der Waals surface area (Å²) in [6.07, 6.45) is -0.0145. The van der Waals surface area contributed by atoms with Crippen LogP contribution >= 0.6 is 0 Å². The number of carboxylic acids is 1. The number of sulfonamides is 1. The number of benzene rings is 3. The minimum atomic E-state index is -4.17. The molecule has 0 radical (unpaired) electrons. The van der Waals surface area contributed by atoms with Gasteiger partial charge in [0.1, 0.15) is 18.2 Å². The summed E-state index contributed by atoms with van der Waals surface area (Å²) in [6, 6.07) is 17.1. The number of Topliss-reactive ketones (excluding diaryl/α,β-unsaturated/α-hetero) is 1. The van der Waals surface area contributed by atoms with Crippen molar-refractivity contribution in [3.05, 3.63) is 95.3 Å². The average molecular weight is 469 g/mol. The van der Waals surface area contributed by atoms with E-state index in [-0.39, 0.29) is 30.3 Å². The fourth-order valence-corrected chi connectivity index (χ4v) is 5.27. The van der Waals surface area contributed by atoms with Crippen molar-refractivity contribution in [2.45, 2.75) is 30.5 Å². The van der Waals surface area contributed by atoms with Crippen molar-refractivity contribution in [1.29, 1.82) is 0 Å². The van der Waals surface area contributed by atoms with Gasteiger partial charge < -0.3 is 9.84 Å². The summed E-state index contributed by atoms with van der Waals surface area (Å²) in [5.41, 5.74) is 2.21. The molecule has 0 aromatic heterocycles. The van der Waals surface area contributed by atoms with E-state index in [1.165, 1.54) is 36.4 Å². The van der Waals surface area contributed by atoms with Crippen LogP contribution in [0.25, 0.3) is 0 Å². The minimum Gasteiger partial charge on any atom is -0.489 e. The largest absolute Gasteiger partial charge is 0.489 e. The van der Waals surface area contributed by atoms with Gasteiger partial charge in [-0.05, 0) is 59.5 Å². The van der Waals surface area contributed by atoms with E-state index in [4.69, 9.17) is 4.74 Å². The molecule has 1 heterocycles. The molecule has 1 aliphatic rings. The molecular formula is C24H20FNO6S. The molecule has 1 N–H and O–H groups in total. The molecule has 0 bridgehead atoms. The lowest BCUT2D eigenvalue weighted by Gasteiger charge is -2.34. The number of aliphatic carboxylic acids is 1. The highest BCUT2D eigenvalue weighted by atomic mass is 32.2. The maximum atomic E-state index is 13.4. The van der Waals surface area contributed by atoms with Gasteiger partial charge in [0, 0.05) is 6.54 Å². The third-order valence-corrected chi connectivity index (χ3v) is 7.34. The number of ketones is 1. The Labute approximate surface area is 190 Å². The second kappa shape index (κ2) is 9.13. The first kappa shape index (κ1) is 22.6. The number of hydrogen-bond donors (Lipinski definition) is 1. The normalized spacial score (nSPS) is 16.1. The molecule has 3 aromatic rings. The first-order chi connectivity index (χ1) is 15.8. The highest BCUT2D eigenvalue weighted by molar-refractivity contribution is 7.89. The second-order valence-electron chi connectivity index (χ2n) is 7.59. The second-order valence-corrected chi connectivity index (χ2v) is 9.49.